The van der Waals surface area contributed by atoms with Crippen LogP contribution in [0.3, 0.4) is 0 Å². The van der Waals surface area contributed by atoms with Crippen molar-refractivity contribution in [3.05, 3.63) is 84.6 Å². The molecule has 0 aliphatic carbocycles. The van der Waals surface area contributed by atoms with E-state index in [0.29, 0.717) is 42.9 Å². The number of para-hydroxylation sites is 1. The molecule has 3 heterocycles. The van der Waals surface area contributed by atoms with E-state index in [9.17, 15) is 18.0 Å². The Morgan fingerprint density at radius 1 is 0.829 bits per heavy atom. The number of carbonyl (C=O) groups is 2. The van der Waals surface area contributed by atoms with Crippen LogP contribution >= 0.6 is 0 Å². The van der Waals surface area contributed by atoms with Crippen molar-refractivity contribution in [1.82, 2.24) is 24.8 Å². The van der Waals surface area contributed by atoms with Gasteiger partial charge in [0.05, 0.1) is 5.52 Å². The molecule has 1 saturated heterocycles. The van der Waals surface area contributed by atoms with Gasteiger partial charge in [0.25, 0.3) is 21.8 Å². The van der Waals surface area contributed by atoms with Crippen LogP contribution in [0.1, 0.15) is 21.0 Å². The Balaban J connectivity index is 1.24. The maximum absolute atomic E-state index is 13.0. The van der Waals surface area contributed by atoms with E-state index in [4.69, 9.17) is 0 Å². The van der Waals surface area contributed by atoms with Gasteiger partial charge in [-0.1, -0.05) is 18.2 Å². The van der Waals surface area contributed by atoms with Gasteiger partial charge >= 0.3 is 0 Å². The molecule has 0 spiro atoms. The fraction of sp³-hybridized carbons (Fsp3) is 0.167. The zero-order valence-electron chi connectivity index (χ0n) is 18.6. The number of hydrogen-bond acceptors (Lipinski definition) is 6. The molecule has 5 rings (SSSR count). The van der Waals surface area contributed by atoms with E-state index in [1.807, 2.05) is 0 Å². The molecule has 35 heavy (non-hydrogen) atoms. The Morgan fingerprint density at radius 3 is 2.20 bits per heavy atom. The smallest absolute Gasteiger partial charge is 0.289 e. The number of benzene rings is 2. The van der Waals surface area contributed by atoms with Crippen molar-refractivity contribution in [2.75, 3.05) is 30.9 Å². The molecular weight excluding hydrogens is 468 g/mol. The number of amides is 2. The second kappa shape index (κ2) is 9.18. The van der Waals surface area contributed by atoms with Crippen LogP contribution in [0.15, 0.2) is 78.1 Å². The van der Waals surface area contributed by atoms with Crippen LogP contribution < -0.4 is 4.72 Å². The van der Waals surface area contributed by atoms with Crippen LogP contribution in [0.2, 0.25) is 0 Å². The first kappa shape index (κ1) is 22.5. The van der Waals surface area contributed by atoms with Gasteiger partial charge in [-0.15, -0.1) is 0 Å². The van der Waals surface area contributed by atoms with Gasteiger partial charge in [0.2, 0.25) is 0 Å². The molecule has 2 amide bonds. The Morgan fingerprint density at radius 2 is 1.51 bits per heavy atom. The number of aromatic nitrogens is 3. The summed E-state index contributed by atoms with van der Waals surface area (Å²) in [5.74, 6) is -0.0926. The summed E-state index contributed by atoms with van der Waals surface area (Å²) >= 11 is 0. The largest absolute Gasteiger partial charge is 0.341 e. The molecule has 2 aromatic carbocycles. The summed E-state index contributed by atoms with van der Waals surface area (Å²) in [5, 5.41) is 0.724. The van der Waals surface area contributed by atoms with Gasteiger partial charge in [-0.2, -0.15) is 0 Å². The minimum atomic E-state index is -3.88. The lowest BCUT2D eigenvalue weighted by Crippen LogP contribution is -2.50. The first-order valence-electron chi connectivity index (χ1n) is 11.0. The molecule has 0 unspecified atom stereocenters. The maximum Gasteiger partial charge on any atom is 0.289 e. The minimum Gasteiger partial charge on any atom is -0.341 e. The SMILES string of the molecule is O=C(c1ccc(NS(=O)(=O)c2cccc3cccnc23)cc1)N1CCN(C(=O)c2ncc[nH]2)CC1. The van der Waals surface area contributed by atoms with Crippen LogP contribution in [0, 0.1) is 0 Å². The number of imidazole rings is 1. The van der Waals surface area contributed by atoms with Crippen LogP contribution in [0.25, 0.3) is 10.9 Å². The van der Waals surface area contributed by atoms with E-state index in [1.54, 1.807) is 70.7 Å². The highest BCUT2D eigenvalue weighted by atomic mass is 32.2. The average Bonchev–Trinajstić information content (AvgIpc) is 3.43. The fourth-order valence-electron chi connectivity index (χ4n) is 4.01. The molecule has 0 bridgehead atoms. The van der Waals surface area contributed by atoms with Crippen molar-refractivity contribution < 1.29 is 18.0 Å². The zero-order chi connectivity index (χ0) is 24.4. The van der Waals surface area contributed by atoms with E-state index >= 15 is 0 Å². The molecule has 1 aliphatic heterocycles. The van der Waals surface area contributed by atoms with Gasteiger partial charge < -0.3 is 14.8 Å². The average molecular weight is 491 g/mol. The second-order valence-corrected chi connectivity index (χ2v) is 9.69. The molecule has 0 radical (unpaired) electrons. The molecular formula is C24H22N6O4S. The van der Waals surface area contributed by atoms with Gasteiger partial charge in [0, 0.05) is 61.4 Å². The Kier molecular flexibility index (Phi) is 5.91. The Labute approximate surface area is 201 Å². The number of anilines is 1. The highest BCUT2D eigenvalue weighted by Gasteiger charge is 2.26. The molecule has 4 aromatic rings. The summed E-state index contributed by atoms with van der Waals surface area (Å²) in [6.07, 6.45) is 4.67. The van der Waals surface area contributed by atoms with Gasteiger partial charge in [0.15, 0.2) is 5.82 Å². The van der Waals surface area contributed by atoms with E-state index in [2.05, 4.69) is 19.7 Å². The number of H-pyrrole nitrogens is 1. The van der Waals surface area contributed by atoms with Crippen LogP contribution in [-0.2, 0) is 10.0 Å². The number of carbonyl (C=O) groups excluding carboxylic acids is 2. The molecule has 11 heteroatoms. The summed E-state index contributed by atoms with van der Waals surface area (Å²) in [6.45, 7) is 1.60. The number of aromatic amines is 1. The quantitative estimate of drug-likeness (QED) is 0.442. The summed E-state index contributed by atoms with van der Waals surface area (Å²) in [4.78, 5) is 39.7. The topological polar surface area (TPSA) is 128 Å². The van der Waals surface area contributed by atoms with Crippen LogP contribution in [0.4, 0.5) is 5.69 Å². The molecule has 2 N–H and O–H groups in total. The molecule has 0 atom stereocenters. The number of hydrogen-bond donors (Lipinski definition) is 2. The number of rotatable bonds is 5. The van der Waals surface area contributed by atoms with E-state index in [0.717, 1.165) is 5.39 Å². The minimum absolute atomic E-state index is 0.0812. The second-order valence-electron chi connectivity index (χ2n) is 8.04. The number of fused-ring (bicyclic) bond motifs is 1. The third-order valence-electron chi connectivity index (χ3n) is 5.82. The van der Waals surface area contributed by atoms with E-state index < -0.39 is 10.0 Å². The number of nitrogens with zero attached hydrogens (tertiary/aromatic N) is 4. The monoisotopic (exact) mass is 490 g/mol. The van der Waals surface area contributed by atoms with Crippen molar-refractivity contribution >= 4 is 38.4 Å². The maximum atomic E-state index is 13.0. The first-order valence-corrected chi connectivity index (χ1v) is 12.5. The van der Waals surface area contributed by atoms with Crippen LogP contribution in [0.5, 0.6) is 0 Å². The highest BCUT2D eigenvalue weighted by Crippen LogP contribution is 2.23. The van der Waals surface area contributed by atoms with Gasteiger partial charge in [-0.25, -0.2) is 13.4 Å². The molecule has 2 aromatic heterocycles. The zero-order valence-corrected chi connectivity index (χ0v) is 19.4. The number of piperazine rings is 1. The summed E-state index contributed by atoms with van der Waals surface area (Å²) < 4.78 is 28.5. The van der Waals surface area contributed by atoms with Gasteiger partial charge in [-0.3, -0.25) is 19.3 Å². The summed E-state index contributed by atoms with van der Waals surface area (Å²) in [5.41, 5.74) is 1.16. The highest BCUT2D eigenvalue weighted by molar-refractivity contribution is 7.93. The predicted molar refractivity (Wildman–Crippen MR) is 129 cm³/mol. The Bertz CT molecular complexity index is 1470. The standard InChI is InChI=1S/C24H22N6O4S/c31-23(29-13-15-30(16-14-29)24(32)22-26-11-12-27-22)18-6-8-19(9-7-18)28-35(33,34)20-5-1-3-17-4-2-10-25-21(17)20/h1-12,28H,13-16H2,(H,26,27). The van der Waals surface area contributed by atoms with Crippen molar-refractivity contribution in [3.8, 4) is 0 Å². The molecule has 10 nitrogen and oxygen atoms in total. The first-order chi connectivity index (χ1) is 16.9. The van der Waals surface area contributed by atoms with Gasteiger partial charge in [0.1, 0.15) is 4.90 Å². The molecule has 1 fully saturated rings. The number of pyridine rings is 1. The van der Waals surface area contributed by atoms with E-state index in [1.165, 1.54) is 12.3 Å². The van der Waals surface area contributed by atoms with Gasteiger partial charge in [-0.05, 0) is 36.4 Å². The molecule has 0 saturated carbocycles. The van der Waals surface area contributed by atoms with Crippen molar-refractivity contribution in [2.45, 2.75) is 4.90 Å². The Hall–Kier alpha value is -4.25. The lowest BCUT2D eigenvalue weighted by Gasteiger charge is -2.34. The van der Waals surface area contributed by atoms with Crippen molar-refractivity contribution in [3.63, 3.8) is 0 Å². The third-order valence-corrected chi connectivity index (χ3v) is 7.24. The third kappa shape index (κ3) is 4.58. The van der Waals surface area contributed by atoms with E-state index in [-0.39, 0.29) is 22.5 Å². The molecule has 1 aliphatic rings. The normalized spacial score (nSPS) is 14.2. The summed E-state index contributed by atoms with van der Waals surface area (Å²) in [6, 6.07) is 14.8. The lowest BCUT2D eigenvalue weighted by atomic mass is 10.1. The van der Waals surface area contributed by atoms with Crippen molar-refractivity contribution in [1.29, 1.82) is 0 Å². The predicted octanol–water partition coefficient (Wildman–Crippen LogP) is 2.36. The number of nitrogens with one attached hydrogen (secondary N) is 2. The van der Waals surface area contributed by atoms with Crippen molar-refractivity contribution in [2.24, 2.45) is 0 Å². The van der Waals surface area contributed by atoms with Crippen LogP contribution in [-0.4, -0.2) is 71.2 Å². The summed E-state index contributed by atoms with van der Waals surface area (Å²) in [7, 11) is -3.88. The fourth-order valence-corrected chi connectivity index (χ4v) is 5.25. The molecule has 178 valence electrons. The number of sulfonamides is 1. The lowest BCUT2D eigenvalue weighted by molar-refractivity contribution is 0.0529.